The lowest BCUT2D eigenvalue weighted by atomic mass is 10.3. The Bertz CT molecular complexity index is 688. The van der Waals surface area contributed by atoms with Crippen molar-refractivity contribution in [1.82, 2.24) is 9.55 Å². The number of aromatic nitrogens is 2. The van der Waals surface area contributed by atoms with Gasteiger partial charge in [-0.25, -0.2) is 14.2 Å². The van der Waals surface area contributed by atoms with E-state index in [9.17, 15) is 14.0 Å². The molecular formula is C12H12FN3O4S. The monoisotopic (exact) mass is 313 g/mol. The molecule has 0 spiro atoms. The van der Waals surface area contributed by atoms with Gasteiger partial charge in [-0.05, 0) is 12.1 Å². The van der Waals surface area contributed by atoms with E-state index < -0.39 is 17.9 Å². The molecule has 0 bridgehead atoms. The molecule has 0 aliphatic heterocycles. The van der Waals surface area contributed by atoms with Gasteiger partial charge < -0.3 is 20.1 Å². The Morgan fingerprint density at radius 2 is 2.24 bits per heavy atom. The molecule has 0 atom stereocenters. The molecule has 0 saturated carbocycles. The smallest absolute Gasteiger partial charge is 0.404 e. The summed E-state index contributed by atoms with van der Waals surface area (Å²) in [5, 5.41) is 9.06. The largest absolute Gasteiger partial charge is 0.481 e. The molecule has 1 heterocycles. The lowest BCUT2D eigenvalue weighted by Crippen LogP contribution is -2.17. The Morgan fingerprint density at radius 1 is 1.48 bits per heavy atom. The van der Waals surface area contributed by atoms with E-state index in [1.807, 2.05) is 0 Å². The fourth-order valence-electron chi connectivity index (χ4n) is 1.78. The van der Waals surface area contributed by atoms with Crippen LogP contribution in [0, 0.1) is 5.82 Å². The molecule has 0 radical (unpaired) electrons. The Labute approximate surface area is 122 Å². The summed E-state index contributed by atoms with van der Waals surface area (Å²) in [6.07, 6.45) is -0.912. The van der Waals surface area contributed by atoms with Crippen LogP contribution in [0.15, 0.2) is 23.4 Å². The van der Waals surface area contributed by atoms with Crippen LogP contribution in [0.1, 0.15) is 0 Å². The van der Waals surface area contributed by atoms with Crippen molar-refractivity contribution < 1.29 is 23.8 Å². The molecule has 1 aromatic carbocycles. The predicted molar refractivity (Wildman–Crippen MR) is 73.6 cm³/mol. The first-order valence-corrected chi connectivity index (χ1v) is 6.89. The van der Waals surface area contributed by atoms with E-state index in [4.69, 9.17) is 10.8 Å². The topological polar surface area (TPSA) is 107 Å². The maximum Gasteiger partial charge on any atom is 0.404 e. The van der Waals surface area contributed by atoms with Gasteiger partial charge >= 0.3 is 12.1 Å². The number of carbonyl (C=O) groups is 2. The summed E-state index contributed by atoms with van der Waals surface area (Å²) in [5.41, 5.74) is 5.52. The van der Waals surface area contributed by atoms with Crippen molar-refractivity contribution in [3.05, 3.63) is 24.0 Å². The van der Waals surface area contributed by atoms with Crippen LogP contribution in [-0.4, -0.2) is 39.1 Å². The third kappa shape index (κ3) is 3.63. The third-order valence-corrected chi connectivity index (χ3v) is 3.54. The first-order chi connectivity index (χ1) is 9.99. The fourth-order valence-corrected chi connectivity index (χ4v) is 2.54. The number of fused-ring (bicyclic) bond motifs is 1. The second kappa shape index (κ2) is 6.44. The molecule has 2 rings (SSSR count). The molecule has 1 amide bonds. The maximum absolute atomic E-state index is 13.7. The molecule has 2 aromatic rings. The number of thioether (sulfide) groups is 1. The van der Waals surface area contributed by atoms with Crippen LogP contribution >= 0.6 is 11.8 Å². The zero-order valence-corrected chi connectivity index (χ0v) is 11.6. The van der Waals surface area contributed by atoms with Crippen molar-refractivity contribution in [3.63, 3.8) is 0 Å². The van der Waals surface area contributed by atoms with Crippen molar-refractivity contribution >= 4 is 34.9 Å². The average molecular weight is 313 g/mol. The van der Waals surface area contributed by atoms with Crippen LogP contribution in [0.2, 0.25) is 0 Å². The minimum absolute atomic E-state index is 0.0159. The van der Waals surface area contributed by atoms with E-state index in [2.05, 4.69) is 9.72 Å². The van der Waals surface area contributed by atoms with E-state index in [1.165, 1.54) is 12.1 Å². The van der Waals surface area contributed by atoms with Crippen LogP contribution in [0.25, 0.3) is 11.0 Å². The van der Waals surface area contributed by atoms with Crippen molar-refractivity contribution in [1.29, 1.82) is 0 Å². The van der Waals surface area contributed by atoms with Gasteiger partial charge in [0, 0.05) is 0 Å². The number of hydrogen-bond donors (Lipinski definition) is 2. The minimum atomic E-state index is -1.01. The van der Waals surface area contributed by atoms with Crippen LogP contribution < -0.4 is 5.73 Å². The molecule has 0 unspecified atom stereocenters. The average Bonchev–Trinajstić information content (AvgIpc) is 2.76. The fraction of sp³-hybridized carbons (Fsp3) is 0.250. The Kier molecular flexibility index (Phi) is 4.63. The molecule has 0 saturated heterocycles. The number of hydrogen-bond acceptors (Lipinski definition) is 5. The number of carbonyl (C=O) groups excluding carboxylic acids is 1. The molecule has 112 valence electrons. The van der Waals surface area contributed by atoms with Gasteiger partial charge in [0.05, 0.1) is 17.8 Å². The quantitative estimate of drug-likeness (QED) is 0.782. The second-order valence-corrected chi connectivity index (χ2v) is 4.95. The SMILES string of the molecule is NC(=O)OCCn1c(SCC(=O)O)nc2c(F)cccc21. The van der Waals surface area contributed by atoms with Crippen LogP contribution in [0.3, 0.4) is 0 Å². The van der Waals surface area contributed by atoms with Gasteiger partial charge in [0.15, 0.2) is 11.0 Å². The molecule has 9 heteroatoms. The molecule has 0 aliphatic rings. The van der Waals surface area contributed by atoms with Crippen molar-refractivity contribution in [2.45, 2.75) is 11.7 Å². The first-order valence-electron chi connectivity index (χ1n) is 5.90. The number of nitrogens with zero attached hydrogens (tertiary/aromatic N) is 2. The number of amides is 1. The van der Waals surface area contributed by atoms with Gasteiger partial charge in [0.1, 0.15) is 12.1 Å². The Morgan fingerprint density at radius 3 is 2.90 bits per heavy atom. The molecule has 0 fully saturated rings. The first kappa shape index (κ1) is 15.1. The van der Waals surface area contributed by atoms with E-state index in [-0.39, 0.29) is 24.4 Å². The molecule has 21 heavy (non-hydrogen) atoms. The van der Waals surface area contributed by atoms with Crippen LogP contribution in [-0.2, 0) is 16.1 Å². The van der Waals surface area contributed by atoms with Gasteiger partial charge in [-0.3, -0.25) is 4.79 Å². The number of halogens is 1. The summed E-state index contributed by atoms with van der Waals surface area (Å²) in [6.45, 7) is 0.183. The number of para-hydroxylation sites is 1. The third-order valence-electron chi connectivity index (χ3n) is 2.58. The number of ether oxygens (including phenoxy) is 1. The van der Waals surface area contributed by atoms with Gasteiger partial charge in [-0.15, -0.1) is 0 Å². The van der Waals surface area contributed by atoms with E-state index in [1.54, 1.807) is 10.6 Å². The number of nitrogens with two attached hydrogens (primary N) is 1. The number of benzene rings is 1. The summed E-state index contributed by atoms with van der Waals surface area (Å²) < 4.78 is 20.0. The highest BCUT2D eigenvalue weighted by Crippen LogP contribution is 2.25. The van der Waals surface area contributed by atoms with Crippen molar-refractivity contribution in [2.75, 3.05) is 12.4 Å². The highest BCUT2D eigenvalue weighted by atomic mass is 32.2. The highest BCUT2D eigenvalue weighted by molar-refractivity contribution is 7.99. The zero-order chi connectivity index (χ0) is 15.4. The molecular weight excluding hydrogens is 301 g/mol. The van der Waals surface area contributed by atoms with Crippen molar-refractivity contribution in [2.24, 2.45) is 5.73 Å². The van der Waals surface area contributed by atoms with E-state index in [0.29, 0.717) is 10.7 Å². The Balaban J connectivity index is 2.32. The molecule has 7 nitrogen and oxygen atoms in total. The summed E-state index contributed by atoms with van der Waals surface area (Å²) in [5.74, 6) is -1.71. The molecule has 0 aliphatic carbocycles. The summed E-state index contributed by atoms with van der Waals surface area (Å²) in [4.78, 5) is 25.3. The lowest BCUT2D eigenvalue weighted by Gasteiger charge is -2.08. The number of carboxylic acids is 1. The van der Waals surface area contributed by atoms with Crippen LogP contribution in [0.5, 0.6) is 0 Å². The number of aliphatic carboxylic acids is 1. The zero-order valence-electron chi connectivity index (χ0n) is 10.8. The van der Waals surface area contributed by atoms with E-state index >= 15 is 0 Å². The van der Waals surface area contributed by atoms with Gasteiger partial charge in [0.25, 0.3) is 0 Å². The van der Waals surface area contributed by atoms with Crippen LogP contribution in [0.4, 0.5) is 9.18 Å². The molecule has 3 N–H and O–H groups in total. The lowest BCUT2D eigenvalue weighted by molar-refractivity contribution is -0.133. The highest BCUT2D eigenvalue weighted by Gasteiger charge is 2.15. The summed E-state index contributed by atoms with van der Waals surface area (Å²) in [6, 6.07) is 4.45. The van der Waals surface area contributed by atoms with Gasteiger partial charge in [-0.2, -0.15) is 0 Å². The number of rotatable bonds is 6. The number of imidazole rings is 1. The summed E-state index contributed by atoms with van der Waals surface area (Å²) >= 11 is 0.962. The van der Waals surface area contributed by atoms with E-state index in [0.717, 1.165) is 11.8 Å². The number of primary amides is 1. The number of carboxylic acid groups (broad SMARTS) is 1. The second-order valence-electron chi connectivity index (χ2n) is 4.00. The maximum atomic E-state index is 13.7. The standard InChI is InChI=1S/C12H12FN3O4S/c13-7-2-1-3-8-10(7)15-12(21-6-9(17)18)16(8)4-5-20-11(14)19/h1-3H,4-6H2,(H2,14,19)(H,17,18). The van der Waals surface area contributed by atoms with Crippen molar-refractivity contribution in [3.8, 4) is 0 Å². The normalized spacial score (nSPS) is 10.7. The predicted octanol–water partition coefficient (Wildman–Crippen LogP) is 1.45. The minimum Gasteiger partial charge on any atom is -0.481 e. The van der Waals surface area contributed by atoms with Gasteiger partial charge in [-0.1, -0.05) is 17.8 Å². The molecule has 1 aromatic heterocycles. The van der Waals surface area contributed by atoms with Gasteiger partial charge in [0.2, 0.25) is 0 Å². The summed E-state index contributed by atoms with van der Waals surface area (Å²) in [7, 11) is 0. The Hall–Kier alpha value is -2.29.